The smallest absolute Gasteiger partial charge is 0.258 e. The number of carbonyl (C=O) groups excluding carboxylic acids is 1. The Hall–Kier alpha value is -1.55. The van der Waals surface area contributed by atoms with Gasteiger partial charge in [0.2, 0.25) is 0 Å². The molecule has 4 nitrogen and oxygen atoms in total. The third kappa shape index (κ3) is 5.30. The average Bonchev–Trinajstić information content (AvgIpc) is 2.37. The molecule has 0 bridgehead atoms. The third-order valence-corrected chi connectivity index (χ3v) is 2.87. The van der Waals surface area contributed by atoms with Gasteiger partial charge < -0.3 is 15.2 Å². The van der Waals surface area contributed by atoms with Gasteiger partial charge in [-0.05, 0) is 26.3 Å². The van der Waals surface area contributed by atoms with Gasteiger partial charge in [0, 0.05) is 11.6 Å². The van der Waals surface area contributed by atoms with E-state index in [-0.39, 0.29) is 25.2 Å². The van der Waals surface area contributed by atoms with Crippen molar-refractivity contribution in [2.75, 3.05) is 6.61 Å². The van der Waals surface area contributed by atoms with Gasteiger partial charge in [-0.2, -0.15) is 0 Å². The van der Waals surface area contributed by atoms with E-state index < -0.39 is 0 Å². The van der Waals surface area contributed by atoms with Crippen molar-refractivity contribution in [1.82, 2.24) is 5.32 Å². The minimum absolute atomic E-state index is 0.0237. The Morgan fingerprint density at radius 3 is 2.84 bits per heavy atom. The molecule has 1 amide bonds. The predicted octanol–water partition coefficient (Wildman–Crippen LogP) is 2.17. The van der Waals surface area contributed by atoms with Gasteiger partial charge in [-0.1, -0.05) is 31.0 Å². The van der Waals surface area contributed by atoms with Crippen molar-refractivity contribution < 1.29 is 14.6 Å². The summed E-state index contributed by atoms with van der Waals surface area (Å²) >= 11 is 0. The van der Waals surface area contributed by atoms with E-state index in [0.717, 1.165) is 18.4 Å². The molecule has 0 heterocycles. The molecule has 0 aliphatic carbocycles. The third-order valence-electron chi connectivity index (χ3n) is 2.87. The first kappa shape index (κ1) is 15.5. The number of hydrogen-bond acceptors (Lipinski definition) is 3. The molecule has 0 saturated carbocycles. The van der Waals surface area contributed by atoms with E-state index in [1.807, 2.05) is 26.0 Å². The molecular weight excluding hydrogens is 242 g/mol. The van der Waals surface area contributed by atoms with Crippen LogP contribution in [0.15, 0.2) is 18.2 Å². The molecule has 0 spiro atoms. The van der Waals surface area contributed by atoms with Gasteiger partial charge in [-0.3, -0.25) is 4.79 Å². The number of carbonyl (C=O) groups is 1. The number of ether oxygens (including phenoxy) is 1. The van der Waals surface area contributed by atoms with Crippen molar-refractivity contribution in [2.45, 2.75) is 46.3 Å². The van der Waals surface area contributed by atoms with E-state index in [0.29, 0.717) is 11.3 Å². The summed E-state index contributed by atoms with van der Waals surface area (Å²) in [5.74, 6) is 0.428. The minimum atomic E-state index is -0.134. The molecule has 1 rings (SSSR count). The maximum Gasteiger partial charge on any atom is 0.258 e. The second-order valence-electron chi connectivity index (χ2n) is 4.82. The van der Waals surface area contributed by atoms with Crippen molar-refractivity contribution in [2.24, 2.45) is 0 Å². The van der Waals surface area contributed by atoms with Gasteiger partial charge >= 0.3 is 0 Å². The molecule has 1 unspecified atom stereocenters. The van der Waals surface area contributed by atoms with E-state index in [9.17, 15) is 9.90 Å². The lowest BCUT2D eigenvalue weighted by Crippen LogP contribution is -2.36. The Kier molecular flexibility index (Phi) is 6.36. The Morgan fingerprint density at radius 1 is 1.47 bits per heavy atom. The second kappa shape index (κ2) is 7.79. The van der Waals surface area contributed by atoms with Gasteiger partial charge in [0.05, 0.1) is 6.61 Å². The van der Waals surface area contributed by atoms with E-state index >= 15 is 0 Å². The number of amides is 1. The van der Waals surface area contributed by atoms with Crippen molar-refractivity contribution >= 4 is 5.91 Å². The van der Waals surface area contributed by atoms with Crippen LogP contribution in [0.3, 0.4) is 0 Å². The highest BCUT2D eigenvalue weighted by atomic mass is 16.5. The van der Waals surface area contributed by atoms with Crippen LogP contribution < -0.4 is 10.1 Å². The number of aryl methyl sites for hydroxylation is 1. The van der Waals surface area contributed by atoms with Gasteiger partial charge in [0.1, 0.15) is 5.75 Å². The summed E-state index contributed by atoms with van der Waals surface area (Å²) < 4.78 is 5.45. The highest BCUT2D eigenvalue weighted by Gasteiger charge is 2.09. The maximum absolute atomic E-state index is 11.7. The highest BCUT2D eigenvalue weighted by molar-refractivity contribution is 5.77. The molecule has 0 radical (unpaired) electrons. The lowest BCUT2D eigenvalue weighted by molar-refractivity contribution is -0.123. The molecular formula is C15H23NO3. The fraction of sp³-hybridized carbons (Fsp3) is 0.533. The van der Waals surface area contributed by atoms with E-state index in [2.05, 4.69) is 12.2 Å². The molecule has 2 N–H and O–H groups in total. The molecule has 1 aromatic rings. The van der Waals surface area contributed by atoms with Crippen LogP contribution in [0.25, 0.3) is 0 Å². The summed E-state index contributed by atoms with van der Waals surface area (Å²) in [7, 11) is 0. The summed E-state index contributed by atoms with van der Waals surface area (Å²) in [6.07, 6.45) is 1.99. The number of aliphatic hydroxyl groups is 1. The zero-order valence-electron chi connectivity index (χ0n) is 11.9. The van der Waals surface area contributed by atoms with Crippen molar-refractivity contribution in [3.05, 3.63) is 29.3 Å². The van der Waals surface area contributed by atoms with Crippen LogP contribution in [0.5, 0.6) is 5.75 Å². The fourth-order valence-corrected chi connectivity index (χ4v) is 1.94. The quantitative estimate of drug-likeness (QED) is 0.794. The minimum Gasteiger partial charge on any atom is -0.483 e. The van der Waals surface area contributed by atoms with Gasteiger partial charge in [0.25, 0.3) is 5.91 Å². The lowest BCUT2D eigenvalue weighted by Gasteiger charge is -2.14. The number of rotatable bonds is 7. The number of nitrogens with one attached hydrogen (secondary N) is 1. The number of hydrogen-bond donors (Lipinski definition) is 2. The van der Waals surface area contributed by atoms with Crippen LogP contribution in [0.4, 0.5) is 0 Å². The van der Waals surface area contributed by atoms with E-state index in [4.69, 9.17) is 4.74 Å². The number of aliphatic hydroxyl groups excluding tert-OH is 1. The van der Waals surface area contributed by atoms with Crippen LogP contribution in [0, 0.1) is 6.92 Å². The van der Waals surface area contributed by atoms with Gasteiger partial charge in [-0.15, -0.1) is 0 Å². The second-order valence-corrected chi connectivity index (χ2v) is 4.82. The van der Waals surface area contributed by atoms with Crippen LogP contribution in [0.1, 0.15) is 37.8 Å². The van der Waals surface area contributed by atoms with E-state index in [1.165, 1.54) is 0 Å². The molecule has 0 aliphatic heterocycles. The van der Waals surface area contributed by atoms with Crippen LogP contribution in [0.2, 0.25) is 0 Å². The number of benzene rings is 1. The molecule has 4 heteroatoms. The molecule has 0 saturated heterocycles. The standard InChI is InChI=1S/C15H23NO3/c1-4-5-12(3)16-15(18)10-19-14-7-6-11(2)8-13(14)9-17/h6-8,12,17H,4-5,9-10H2,1-3H3,(H,16,18). The molecule has 1 atom stereocenters. The van der Waals surface area contributed by atoms with Crippen LogP contribution >= 0.6 is 0 Å². The molecule has 19 heavy (non-hydrogen) atoms. The molecule has 1 aromatic carbocycles. The summed E-state index contributed by atoms with van der Waals surface area (Å²) in [6.45, 7) is 5.89. The SMILES string of the molecule is CCCC(C)NC(=O)COc1ccc(C)cc1CO. The first-order valence-electron chi connectivity index (χ1n) is 6.69. The largest absolute Gasteiger partial charge is 0.483 e. The zero-order chi connectivity index (χ0) is 14.3. The summed E-state index contributed by atoms with van der Waals surface area (Å²) in [5.41, 5.74) is 1.76. The lowest BCUT2D eigenvalue weighted by atomic mass is 10.1. The van der Waals surface area contributed by atoms with Gasteiger partial charge in [0.15, 0.2) is 6.61 Å². The summed E-state index contributed by atoms with van der Waals surface area (Å²) in [5, 5.41) is 12.1. The Labute approximate surface area is 114 Å². The van der Waals surface area contributed by atoms with Crippen molar-refractivity contribution in [3.63, 3.8) is 0 Å². The molecule has 106 valence electrons. The first-order chi connectivity index (χ1) is 9.06. The average molecular weight is 265 g/mol. The Morgan fingerprint density at radius 2 is 2.21 bits per heavy atom. The monoisotopic (exact) mass is 265 g/mol. The van der Waals surface area contributed by atoms with Gasteiger partial charge in [-0.25, -0.2) is 0 Å². The Bertz CT molecular complexity index is 418. The summed E-state index contributed by atoms with van der Waals surface area (Å²) in [6, 6.07) is 5.69. The van der Waals surface area contributed by atoms with Crippen molar-refractivity contribution in [1.29, 1.82) is 0 Å². The fourth-order valence-electron chi connectivity index (χ4n) is 1.94. The van der Waals surface area contributed by atoms with Crippen LogP contribution in [-0.2, 0) is 11.4 Å². The topological polar surface area (TPSA) is 58.6 Å². The maximum atomic E-state index is 11.7. The predicted molar refractivity (Wildman–Crippen MR) is 75.1 cm³/mol. The molecule has 0 fully saturated rings. The van der Waals surface area contributed by atoms with Crippen LogP contribution in [-0.4, -0.2) is 23.7 Å². The molecule has 0 aliphatic rings. The van der Waals surface area contributed by atoms with Crippen molar-refractivity contribution in [3.8, 4) is 5.75 Å². The molecule has 0 aromatic heterocycles. The summed E-state index contributed by atoms with van der Waals surface area (Å²) in [4.78, 5) is 11.7. The first-order valence-corrected chi connectivity index (χ1v) is 6.69. The highest BCUT2D eigenvalue weighted by Crippen LogP contribution is 2.19. The zero-order valence-corrected chi connectivity index (χ0v) is 11.9. The van der Waals surface area contributed by atoms with E-state index in [1.54, 1.807) is 6.07 Å². The Balaban J connectivity index is 2.50. The normalized spacial score (nSPS) is 12.0.